The number of carbonyl (C=O) groups excluding carboxylic acids is 3. The van der Waals surface area contributed by atoms with Gasteiger partial charge in [-0.25, -0.2) is 9.59 Å². The number of esters is 1. The van der Waals surface area contributed by atoms with E-state index in [0.717, 1.165) is 11.1 Å². The number of amides is 2. The molecule has 0 aliphatic carbocycles. The molecule has 0 fully saturated rings. The Morgan fingerprint density at radius 3 is 2.16 bits per heavy atom. The lowest BCUT2D eigenvalue weighted by molar-refractivity contribution is -0.145. The third-order valence-corrected chi connectivity index (χ3v) is 4.71. The number of hydrogen-bond donors (Lipinski definition) is 3. The highest BCUT2D eigenvalue weighted by molar-refractivity contribution is 5.89. The van der Waals surface area contributed by atoms with Gasteiger partial charge in [-0.3, -0.25) is 4.79 Å². The van der Waals surface area contributed by atoms with E-state index in [-0.39, 0.29) is 24.7 Å². The standard InChI is InChI=1S/C24H30N2O6/c1-16(2)13-20(26-24(30)32-15-18-7-5-4-6-8-18)22(28)25-21(23(29)31-3)14-17-9-11-19(27)12-10-17/h4-12,16,20-21,27H,13-15H2,1-3H3,(H,25,28)(H,26,30)/t20-,21+/m0/s1. The van der Waals surface area contributed by atoms with Crippen LogP contribution in [0.3, 0.4) is 0 Å². The number of phenolic OH excluding ortho intramolecular Hbond substituents is 1. The summed E-state index contributed by atoms with van der Waals surface area (Å²) in [7, 11) is 1.24. The van der Waals surface area contributed by atoms with E-state index < -0.39 is 30.1 Å². The van der Waals surface area contributed by atoms with E-state index in [0.29, 0.717) is 6.42 Å². The predicted octanol–water partition coefficient (Wildman–Crippen LogP) is 2.93. The number of aromatic hydroxyl groups is 1. The number of hydrogen-bond acceptors (Lipinski definition) is 6. The number of benzene rings is 2. The van der Waals surface area contributed by atoms with E-state index in [1.165, 1.54) is 19.2 Å². The molecule has 2 aromatic rings. The summed E-state index contributed by atoms with van der Waals surface area (Å²) in [6, 6.07) is 13.7. The maximum atomic E-state index is 12.9. The van der Waals surface area contributed by atoms with E-state index in [4.69, 9.17) is 9.47 Å². The van der Waals surface area contributed by atoms with E-state index >= 15 is 0 Å². The lowest BCUT2D eigenvalue weighted by Crippen LogP contribution is -2.53. The first-order valence-electron chi connectivity index (χ1n) is 10.4. The van der Waals surface area contributed by atoms with Gasteiger partial charge in [-0.05, 0) is 35.6 Å². The third kappa shape index (κ3) is 8.29. The third-order valence-electron chi connectivity index (χ3n) is 4.71. The van der Waals surface area contributed by atoms with Gasteiger partial charge >= 0.3 is 12.1 Å². The van der Waals surface area contributed by atoms with E-state index in [1.54, 1.807) is 12.1 Å². The zero-order valence-electron chi connectivity index (χ0n) is 18.5. The largest absolute Gasteiger partial charge is 0.508 e. The Kier molecular flexibility index (Phi) is 9.53. The lowest BCUT2D eigenvalue weighted by Gasteiger charge is -2.23. The molecule has 0 saturated heterocycles. The topological polar surface area (TPSA) is 114 Å². The van der Waals surface area contributed by atoms with E-state index in [9.17, 15) is 19.5 Å². The van der Waals surface area contributed by atoms with Gasteiger partial charge in [-0.2, -0.15) is 0 Å². The summed E-state index contributed by atoms with van der Waals surface area (Å²) in [5.74, 6) is -0.914. The maximum absolute atomic E-state index is 12.9. The summed E-state index contributed by atoms with van der Waals surface area (Å²) in [6.07, 6.45) is -0.187. The molecule has 0 heterocycles. The zero-order valence-corrected chi connectivity index (χ0v) is 18.5. The molecule has 2 atom stereocenters. The van der Waals surface area contributed by atoms with Crippen molar-refractivity contribution in [3.05, 3.63) is 65.7 Å². The number of alkyl carbamates (subject to hydrolysis) is 1. The molecule has 0 saturated carbocycles. The second-order valence-electron chi connectivity index (χ2n) is 7.84. The minimum Gasteiger partial charge on any atom is -0.508 e. The minimum atomic E-state index is -0.950. The van der Waals surface area contributed by atoms with Crippen LogP contribution in [0.25, 0.3) is 0 Å². The molecule has 3 N–H and O–H groups in total. The fourth-order valence-corrected chi connectivity index (χ4v) is 3.09. The number of methoxy groups -OCH3 is 1. The molecule has 0 unspecified atom stereocenters. The Labute approximate surface area is 187 Å². The van der Waals surface area contributed by atoms with Crippen molar-refractivity contribution in [2.24, 2.45) is 5.92 Å². The molecule has 0 aromatic heterocycles. The molecule has 32 heavy (non-hydrogen) atoms. The highest BCUT2D eigenvalue weighted by atomic mass is 16.5. The molecule has 0 spiro atoms. The molecule has 0 radical (unpaired) electrons. The summed E-state index contributed by atoms with van der Waals surface area (Å²) in [6.45, 7) is 3.92. The first-order valence-corrected chi connectivity index (χ1v) is 10.4. The van der Waals surface area contributed by atoms with Gasteiger partial charge < -0.3 is 25.2 Å². The first kappa shape index (κ1) is 24.7. The highest BCUT2D eigenvalue weighted by Gasteiger charge is 2.28. The van der Waals surface area contributed by atoms with Crippen LogP contribution in [0.4, 0.5) is 4.79 Å². The molecule has 0 aliphatic rings. The lowest BCUT2D eigenvalue weighted by atomic mass is 10.0. The fourth-order valence-electron chi connectivity index (χ4n) is 3.09. The Bertz CT molecular complexity index is 883. The summed E-state index contributed by atoms with van der Waals surface area (Å²) in [5, 5.41) is 14.7. The minimum absolute atomic E-state index is 0.0777. The van der Waals surface area contributed by atoms with Crippen molar-refractivity contribution >= 4 is 18.0 Å². The van der Waals surface area contributed by atoms with Crippen LogP contribution in [0.15, 0.2) is 54.6 Å². The van der Waals surface area contributed by atoms with Gasteiger partial charge in [0.15, 0.2) is 0 Å². The normalized spacial score (nSPS) is 12.5. The molecule has 0 aliphatic heterocycles. The second kappa shape index (κ2) is 12.3. The average Bonchev–Trinajstić information content (AvgIpc) is 2.78. The molecule has 2 amide bonds. The summed E-state index contributed by atoms with van der Waals surface area (Å²) in [4.78, 5) is 37.5. The van der Waals surface area contributed by atoms with Crippen LogP contribution < -0.4 is 10.6 Å². The number of ether oxygens (including phenoxy) is 2. The molecule has 172 valence electrons. The monoisotopic (exact) mass is 442 g/mol. The zero-order chi connectivity index (χ0) is 23.5. The summed E-state index contributed by atoms with van der Waals surface area (Å²) >= 11 is 0. The SMILES string of the molecule is COC(=O)[C@@H](Cc1ccc(O)cc1)NC(=O)[C@H](CC(C)C)NC(=O)OCc1ccccc1. The van der Waals surface area contributed by atoms with Crippen molar-refractivity contribution in [1.29, 1.82) is 0 Å². The Morgan fingerprint density at radius 1 is 0.906 bits per heavy atom. The van der Waals surface area contributed by atoms with E-state index in [1.807, 2.05) is 44.2 Å². The molecular weight excluding hydrogens is 412 g/mol. The van der Waals surface area contributed by atoms with Gasteiger partial charge in [0.1, 0.15) is 24.4 Å². The van der Waals surface area contributed by atoms with Gasteiger partial charge in [0.25, 0.3) is 0 Å². The Morgan fingerprint density at radius 2 is 1.56 bits per heavy atom. The predicted molar refractivity (Wildman–Crippen MR) is 119 cm³/mol. The van der Waals surface area contributed by atoms with Crippen molar-refractivity contribution in [2.45, 2.75) is 45.4 Å². The summed E-state index contributed by atoms with van der Waals surface area (Å²) in [5.41, 5.74) is 1.56. The van der Waals surface area contributed by atoms with Gasteiger partial charge in [0.2, 0.25) is 5.91 Å². The van der Waals surface area contributed by atoms with Gasteiger partial charge in [0, 0.05) is 6.42 Å². The molecule has 2 aromatic carbocycles. The smallest absolute Gasteiger partial charge is 0.408 e. The fraction of sp³-hybridized carbons (Fsp3) is 0.375. The molecule has 0 bridgehead atoms. The van der Waals surface area contributed by atoms with Crippen molar-refractivity contribution in [2.75, 3.05) is 7.11 Å². The van der Waals surface area contributed by atoms with Gasteiger partial charge in [0.05, 0.1) is 7.11 Å². The Balaban J connectivity index is 2.03. The molecule has 2 rings (SSSR count). The van der Waals surface area contributed by atoms with Crippen LogP contribution in [0.2, 0.25) is 0 Å². The van der Waals surface area contributed by atoms with Crippen LogP contribution in [0.5, 0.6) is 5.75 Å². The van der Waals surface area contributed by atoms with Crippen molar-refractivity contribution in [1.82, 2.24) is 10.6 Å². The molecule has 8 heteroatoms. The number of rotatable bonds is 10. The van der Waals surface area contributed by atoms with Crippen molar-refractivity contribution in [3.8, 4) is 5.75 Å². The number of phenols is 1. The number of carbonyl (C=O) groups is 3. The van der Waals surface area contributed by atoms with Crippen molar-refractivity contribution in [3.63, 3.8) is 0 Å². The quantitative estimate of drug-likeness (QED) is 0.488. The van der Waals surface area contributed by atoms with Crippen LogP contribution in [0, 0.1) is 5.92 Å². The van der Waals surface area contributed by atoms with Gasteiger partial charge in [-0.1, -0.05) is 56.3 Å². The van der Waals surface area contributed by atoms with Crippen LogP contribution >= 0.6 is 0 Å². The molecular formula is C24H30N2O6. The molecule has 8 nitrogen and oxygen atoms in total. The van der Waals surface area contributed by atoms with Crippen molar-refractivity contribution < 1.29 is 29.0 Å². The van der Waals surface area contributed by atoms with E-state index in [2.05, 4.69) is 10.6 Å². The highest BCUT2D eigenvalue weighted by Crippen LogP contribution is 2.13. The average molecular weight is 443 g/mol. The summed E-state index contributed by atoms with van der Waals surface area (Å²) < 4.78 is 10.0. The maximum Gasteiger partial charge on any atom is 0.408 e. The van der Waals surface area contributed by atoms with Crippen LogP contribution in [-0.4, -0.2) is 42.3 Å². The van der Waals surface area contributed by atoms with Crippen LogP contribution in [-0.2, 0) is 32.1 Å². The number of nitrogens with one attached hydrogen (secondary N) is 2. The van der Waals surface area contributed by atoms with Gasteiger partial charge in [-0.15, -0.1) is 0 Å². The second-order valence-corrected chi connectivity index (χ2v) is 7.84. The van der Waals surface area contributed by atoms with Crippen LogP contribution in [0.1, 0.15) is 31.4 Å². The Hall–Kier alpha value is -3.55. The first-order chi connectivity index (χ1) is 15.3.